The van der Waals surface area contributed by atoms with Crippen molar-refractivity contribution >= 4 is 15.9 Å². The van der Waals surface area contributed by atoms with E-state index in [1.165, 1.54) is 14.9 Å². The van der Waals surface area contributed by atoms with E-state index in [4.69, 9.17) is 0 Å². The molecule has 123 valence electrons. The van der Waals surface area contributed by atoms with Gasteiger partial charge < -0.3 is 0 Å². The van der Waals surface area contributed by atoms with Gasteiger partial charge in [0.1, 0.15) is 0 Å². The van der Waals surface area contributed by atoms with E-state index in [0.717, 1.165) is 17.1 Å². The first-order valence-corrected chi connectivity index (χ1v) is 9.29. The Labute approximate surface area is 160 Å². The Morgan fingerprint density at radius 1 is 0.880 bits per heavy atom. The van der Waals surface area contributed by atoms with Crippen molar-refractivity contribution in [3.63, 3.8) is 0 Å². The Morgan fingerprint density at radius 2 is 1.72 bits per heavy atom. The molecule has 0 bridgehead atoms. The number of H-pyrrole nitrogens is 2. The topological polar surface area (TPSA) is 31.6 Å². The van der Waals surface area contributed by atoms with Crippen molar-refractivity contribution in [1.29, 1.82) is 0 Å². The van der Waals surface area contributed by atoms with Crippen molar-refractivity contribution in [3.8, 4) is 11.4 Å². The predicted octanol–water partition coefficient (Wildman–Crippen LogP) is 5.32. The van der Waals surface area contributed by atoms with Crippen molar-refractivity contribution in [3.05, 3.63) is 95.9 Å². The van der Waals surface area contributed by atoms with E-state index in [2.05, 4.69) is 95.8 Å². The SMILES string of the molecule is Cc1ccc(/C=C/[C](=[Nb])/C=C\C=Cc2ccc(-c3ccc[nH]3)[nH]2)cc1. The molecule has 0 aliphatic rings. The van der Waals surface area contributed by atoms with Crippen LogP contribution in [-0.4, -0.2) is 13.7 Å². The third kappa shape index (κ3) is 5.30. The average molecular weight is 405 g/mol. The number of benzene rings is 1. The summed E-state index contributed by atoms with van der Waals surface area (Å²) in [5, 5.41) is 0. The fraction of sp³-hybridized carbons (Fsp3) is 0.0455. The molecule has 2 nitrogen and oxygen atoms in total. The van der Waals surface area contributed by atoms with Gasteiger partial charge in [-0.1, -0.05) is 0 Å². The van der Waals surface area contributed by atoms with Gasteiger partial charge in [-0.15, -0.1) is 0 Å². The van der Waals surface area contributed by atoms with Crippen molar-refractivity contribution in [1.82, 2.24) is 9.97 Å². The van der Waals surface area contributed by atoms with Crippen LogP contribution in [0.1, 0.15) is 16.8 Å². The first-order valence-electron chi connectivity index (χ1n) is 8.19. The first-order chi connectivity index (χ1) is 12.2. The molecule has 1 aromatic carbocycles. The summed E-state index contributed by atoms with van der Waals surface area (Å²) in [5.74, 6) is 0. The Hall–Kier alpha value is -2.39. The third-order valence-electron chi connectivity index (χ3n) is 3.77. The first kappa shape index (κ1) is 17.4. The number of nitrogens with one attached hydrogen (secondary N) is 2. The normalized spacial score (nSPS) is 11.8. The molecule has 0 atom stereocenters. The zero-order valence-electron chi connectivity index (χ0n) is 14.1. The van der Waals surface area contributed by atoms with Gasteiger partial charge in [0, 0.05) is 0 Å². The number of hydrogen-bond donors (Lipinski definition) is 2. The summed E-state index contributed by atoms with van der Waals surface area (Å²) in [6.45, 7) is 2.10. The zero-order valence-corrected chi connectivity index (χ0v) is 16.3. The van der Waals surface area contributed by atoms with E-state index in [9.17, 15) is 0 Å². The van der Waals surface area contributed by atoms with Crippen molar-refractivity contribution in [2.45, 2.75) is 6.92 Å². The van der Waals surface area contributed by atoms with Crippen LogP contribution in [0.25, 0.3) is 23.5 Å². The minimum absolute atomic E-state index is 1.09. The van der Waals surface area contributed by atoms with Gasteiger partial charge in [0.2, 0.25) is 0 Å². The number of aromatic nitrogens is 2. The van der Waals surface area contributed by atoms with Crippen LogP contribution >= 0.6 is 0 Å². The van der Waals surface area contributed by atoms with E-state index >= 15 is 0 Å². The fourth-order valence-corrected chi connectivity index (χ4v) is 2.79. The van der Waals surface area contributed by atoms with Gasteiger partial charge in [-0.3, -0.25) is 0 Å². The van der Waals surface area contributed by atoms with Crippen LogP contribution in [0.15, 0.2) is 79.0 Å². The number of aromatic amines is 2. The fourth-order valence-electron chi connectivity index (χ4n) is 2.39. The van der Waals surface area contributed by atoms with Crippen LogP contribution < -0.4 is 0 Å². The molecule has 2 aromatic heterocycles. The van der Waals surface area contributed by atoms with Crippen LogP contribution in [0.5, 0.6) is 0 Å². The molecular formula is C22H20N2Nb. The van der Waals surface area contributed by atoms with Crippen LogP contribution in [0, 0.1) is 6.92 Å². The number of aryl methyl sites for hydroxylation is 1. The van der Waals surface area contributed by atoms with E-state index < -0.39 is 0 Å². The van der Waals surface area contributed by atoms with E-state index in [1.807, 2.05) is 12.3 Å². The summed E-state index contributed by atoms with van der Waals surface area (Å²) in [6.07, 6.45) is 14.6. The van der Waals surface area contributed by atoms with Gasteiger partial charge >= 0.3 is 161 Å². The Bertz CT molecular complexity index is 907. The molecule has 25 heavy (non-hydrogen) atoms. The Kier molecular flexibility index (Phi) is 6.02. The van der Waals surface area contributed by atoms with Crippen molar-refractivity contribution in [2.24, 2.45) is 0 Å². The molecule has 0 aliphatic heterocycles. The maximum atomic E-state index is 3.39. The van der Waals surface area contributed by atoms with Crippen LogP contribution in [0.2, 0.25) is 0 Å². The molecule has 0 fully saturated rings. The Morgan fingerprint density at radius 3 is 2.48 bits per heavy atom. The summed E-state index contributed by atoms with van der Waals surface area (Å²) >= 11 is 1.71. The second kappa shape index (κ2) is 8.63. The van der Waals surface area contributed by atoms with Gasteiger partial charge in [0.25, 0.3) is 0 Å². The molecule has 0 saturated carbocycles. The van der Waals surface area contributed by atoms with E-state index in [1.54, 1.807) is 20.6 Å². The number of rotatable bonds is 6. The summed E-state index contributed by atoms with van der Waals surface area (Å²) in [7, 11) is 0. The Balaban J connectivity index is 1.54. The molecule has 3 rings (SSSR count). The van der Waals surface area contributed by atoms with Gasteiger partial charge in [-0.05, 0) is 0 Å². The molecule has 2 N–H and O–H groups in total. The minimum atomic E-state index is 1.09. The second-order valence-electron chi connectivity index (χ2n) is 5.80. The zero-order chi connectivity index (χ0) is 17.5. The maximum absolute atomic E-state index is 3.39. The molecule has 0 unspecified atom stereocenters. The molecule has 0 amide bonds. The van der Waals surface area contributed by atoms with Crippen LogP contribution in [0.3, 0.4) is 0 Å². The molecule has 0 saturated heterocycles. The second-order valence-corrected chi connectivity index (χ2v) is 7.07. The number of allylic oxidation sites excluding steroid dienone is 4. The third-order valence-corrected chi connectivity index (χ3v) is 4.51. The van der Waals surface area contributed by atoms with Crippen LogP contribution in [-0.2, 0) is 20.6 Å². The molecule has 0 spiro atoms. The van der Waals surface area contributed by atoms with Gasteiger partial charge in [0.05, 0.1) is 0 Å². The van der Waals surface area contributed by atoms with Crippen molar-refractivity contribution in [2.75, 3.05) is 0 Å². The summed E-state index contributed by atoms with van der Waals surface area (Å²) in [6, 6.07) is 16.8. The monoisotopic (exact) mass is 405 g/mol. The number of hydrogen-bond acceptors (Lipinski definition) is 0. The van der Waals surface area contributed by atoms with E-state index in [0.29, 0.717) is 0 Å². The molecule has 0 aliphatic carbocycles. The van der Waals surface area contributed by atoms with Gasteiger partial charge in [-0.25, -0.2) is 0 Å². The predicted molar refractivity (Wildman–Crippen MR) is 104 cm³/mol. The van der Waals surface area contributed by atoms with E-state index in [-0.39, 0.29) is 0 Å². The quantitative estimate of drug-likeness (QED) is 0.411. The average Bonchev–Trinajstić information content (AvgIpc) is 3.29. The van der Waals surface area contributed by atoms with Crippen molar-refractivity contribution < 1.29 is 20.6 Å². The summed E-state index contributed by atoms with van der Waals surface area (Å²) in [4.78, 5) is 6.59. The van der Waals surface area contributed by atoms with Crippen LogP contribution in [0.4, 0.5) is 0 Å². The molecular weight excluding hydrogens is 385 g/mol. The molecule has 3 aromatic rings. The molecule has 2 heterocycles. The summed E-state index contributed by atoms with van der Waals surface area (Å²) in [5.41, 5.74) is 5.80. The van der Waals surface area contributed by atoms with Gasteiger partial charge in [-0.2, -0.15) is 0 Å². The molecule has 0 radical (unpaired) electrons. The molecule has 3 heteroatoms. The van der Waals surface area contributed by atoms with Gasteiger partial charge in [0.15, 0.2) is 0 Å². The summed E-state index contributed by atoms with van der Waals surface area (Å²) < 4.78 is 1.26. The standard InChI is InChI=1S/C22H20N2.Nb/c1-18-11-13-19(14-12-18)8-5-3-2-4-6-9-20-15-16-22(24-20)21-10-7-17-23-21;/h2,4-17,23-24H,1H3;/b4-2-,8-5+,9-6?;.